The highest BCUT2D eigenvalue weighted by Crippen LogP contribution is 2.22. The first-order chi connectivity index (χ1) is 8.93. The predicted octanol–water partition coefficient (Wildman–Crippen LogP) is 0.745. The molecule has 0 aliphatic carbocycles. The quantitative estimate of drug-likeness (QED) is 0.449. The number of hydrogen-bond donors (Lipinski definition) is 2. The molecule has 0 aliphatic rings. The Morgan fingerprint density at radius 3 is 2.74 bits per heavy atom. The van der Waals surface area contributed by atoms with Crippen molar-refractivity contribution in [2.24, 2.45) is 0 Å². The molecule has 0 saturated carbocycles. The fourth-order valence-electron chi connectivity index (χ4n) is 1.68. The molecule has 1 aromatic carbocycles. The van der Waals surface area contributed by atoms with Crippen LogP contribution in [0, 0.1) is 10.1 Å². The molecule has 0 heterocycles. The molecule has 0 atom stereocenters. The Hall–Kier alpha value is -2.15. The summed E-state index contributed by atoms with van der Waals surface area (Å²) in [5.74, 6) is -0.0185. The Labute approximate surface area is 111 Å². The Balaban J connectivity index is 2.60. The first-order valence-electron chi connectivity index (χ1n) is 5.86. The summed E-state index contributed by atoms with van der Waals surface area (Å²) >= 11 is 0. The molecule has 0 aromatic heterocycles. The smallest absolute Gasteiger partial charge is 0.292 e. The molecule has 19 heavy (non-hydrogen) atoms. The fraction of sp³-hybridized carbons (Fsp3) is 0.417. The third-order valence-corrected chi connectivity index (χ3v) is 2.74. The summed E-state index contributed by atoms with van der Waals surface area (Å²) < 4.78 is 0. The van der Waals surface area contributed by atoms with Crippen LogP contribution in [-0.4, -0.2) is 36.4 Å². The average Bonchev–Trinajstić information content (AvgIpc) is 2.35. The number of rotatable bonds is 6. The normalized spacial score (nSPS) is 10.5. The molecule has 104 valence electrons. The van der Waals surface area contributed by atoms with Crippen LogP contribution >= 0.6 is 0 Å². The SMILES string of the molecule is CNC(=O)CCN(C)Cc1ccc([N+](=O)[O-])c(N)c1. The summed E-state index contributed by atoms with van der Waals surface area (Å²) in [6.07, 6.45) is 0.412. The number of hydrogen-bond acceptors (Lipinski definition) is 5. The molecule has 0 saturated heterocycles. The van der Waals surface area contributed by atoms with Crippen molar-refractivity contribution in [2.75, 3.05) is 26.4 Å². The molecule has 3 N–H and O–H groups in total. The van der Waals surface area contributed by atoms with Gasteiger partial charge in [0.05, 0.1) is 4.92 Å². The van der Waals surface area contributed by atoms with E-state index < -0.39 is 4.92 Å². The van der Waals surface area contributed by atoms with E-state index in [1.807, 2.05) is 11.9 Å². The van der Waals surface area contributed by atoms with Gasteiger partial charge in [-0.25, -0.2) is 0 Å². The molecule has 0 radical (unpaired) electrons. The van der Waals surface area contributed by atoms with E-state index in [1.54, 1.807) is 19.2 Å². The van der Waals surface area contributed by atoms with Gasteiger partial charge in [-0.1, -0.05) is 6.07 Å². The summed E-state index contributed by atoms with van der Waals surface area (Å²) in [6, 6.07) is 4.66. The zero-order chi connectivity index (χ0) is 14.4. The van der Waals surface area contributed by atoms with Gasteiger partial charge in [-0.05, 0) is 18.7 Å². The van der Waals surface area contributed by atoms with Gasteiger partial charge in [-0.2, -0.15) is 0 Å². The molecule has 0 fully saturated rings. The van der Waals surface area contributed by atoms with Crippen molar-refractivity contribution in [3.63, 3.8) is 0 Å². The summed E-state index contributed by atoms with van der Waals surface area (Å²) in [7, 11) is 3.47. The second-order valence-electron chi connectivity index (χ2n) is 4.31. The summed E-state index contributed by atoms with van der Waals surface area (Å²) in [5, 5.41) is 13.2. The van der Waals surface area contributed by atoms with E-state index in [-0.39, 0.29) is 17.3 Å². The Kier molecular flexibility index (Phi) is 5.25. The van der Waals surface area contributed by atoms with E-state index in [0.29, 0.717) is 19.5 Å². The zero-order valence-corrected chi connectivity index (χ0v) is 11.0. The van der Waals surface area contributed by atoms with Crippen LogP contribution < -0.4 is 11.1 Å². The predicted molar refractivity (Wildman–Crippen MR) is 72.5 cm³/mol. The molecular weight excluding hydrogens is 248 g/mol. The summed E-state index contributed by atoms with van der Waals surface area (Å²) in [4.78, 5) is 23.2. The number of carbonyl (C=O) groups is 1. The van der Waals surface area contributed by atoms with E-state index in [4.69, 9.17) is 5.73 Å². The third-order valence-electron chi connectivity index (χ3n) is 2.74. The van der Waals surface area contributed by atoms with Crippen LogP contribution in [0.4, 0.5) is 11.4 Å². The van der Waals surface area contributed by atoms with Crippen LogP contribution in [0.5, 0.6) is 0 Å². The molecule has 0 bridgehead atoms. The van der Waals surface area contributed by atoms with Crippen LogP contribution in [0.3, 0.4) is 0 Å². The lowest BCUT2D eigenvalue weighted by Crippen LogP contribution is -2.26. The number of nitrogen functional groups attached to an aromatic ring is 1. The largest absolute Gasteiger partial charge is 0.393 e. The van der Waals surface area contributed by atoms with E-state index in [0.717, 1.165) is 5.56 Å². The van der Waals surface area contributed by atoms with Gasteiger partial charge < -0.3 is 16.0 Å². The van der Waals surface area contributed by atoms with Crippen molar-refractivity contribution >= 4 is 17.3 Å². The first-order valence-corrected chi connectivity index (χ1v) is 5.86. The van der Waals surface area contributed by atoms with Gasteiger partial charge in [0.25, 0.3) is 5.69 Å². The molecule has 1 rings (SSSR count). The number of carbonyl (C=O) groups excluding carboxylic acids is 1. The molecule has 7 nitrogen and oxygen atoms in total. The minimum atomic E-state index is -0.506. The lowest BCUT2D eigenvalue weighted by Gasteiger charge is -2.16. The molecule has 0 spiro atoms. The number of nitrogens with one attached hydrogen (secondary N) is 1. The maximum Gasteiger partial charge on any atom is 0.292 e. The molecule has 1 amide bonds. The highest BCUT2D eigenvalue weighted by Gasteiger charge is 2.12. The maximum atomic E-state index is 11.1. The molecular formula is C12H18N4O3. The van der Waals surface area contributed by atoms with Gasteiger partial charge in [-0.3, -0.25) is 14.9 Å². The molecule has 1 aromatic rings. The van der Waals surface area contributed by atoms with Crippen LogP contribution in [-0.2, 0) is 11.3 Å². The average molecular weight is 266 g/mol. The van der Waals surface area contributed by atoms with Crippen LogP contribution in [0.2, 0.25) is 0 Å². The van der Waals surface area contributed by atoms with Gasteiger partial charge >= 0.3 is 0 Å². The number of nitrogens with two attached hydrogens (primary N) is 1. The minimum absolute atomic E-state index is 0.0185. The highest BCUT2D eigenvalue weighted by atomic mass is 16.6. The van der Waals surface area contributed by atoms with Gasteiger partial charge in [-0.15, -0.1) is 0 Å². The Bertz CT molecular complexity index is 476. The fourth-order valence-corrected chi connectivity index (χ4v) is 1.68. The second kappa shape index (κ2) is 6.69. The topological polar surface area (TPSA) is 102 Å². The number of amides is 1. The van der Waals surface area contributed by atoms with Crippen molar-refractivity contribution in [3.8, 4) is 0 Å². The lowest BCUT2D eigenvalue weighted by molar-refractivity contribution is -0.383. The van der Waals surface area contributed by atoms with Gasteiger partial charge in [0.1, 0.15) is 5.69 Å². The van der Waals surface area contributed by atoms with Crippen molar-refractivity contribution in [1.82, 2.24) is 10.2 Å². The number of anilines is 1. The second-order valence-corrected chi connectivity index (χ2v) is 4.31. The van der Waals surface area contributed by atoms with Crippen molar-refractivity contribution in [3.05, 3.63) is 33.9 Å². The highest BCUT2D eigenvalue weighted by molar-refractivity contribution is 5.75. The van der Waals surface area contributed by atoms with E-state index >= 15 is 0 Å². The summed E-state index contributed by atoms with van der Waals surface area (Å²) in [6.45, 7) is 1.19. The molecule has 7 heteroatoms. The summed E-state index contributed by atoms with van der Waals surface area (Å²) in [5.41, 5.74) is 6.56. The maximum absolute atomic E-state index is 11.1. The van der Waals surface area contributed by atoms with Crippen LogP contribution in [0.15, 0.2) is 18.2 Å². The third kappa shape index (κ3) is 4.55. The molecule has 0 unspecified atom stereocenters. The monoisotopic (exact) mass is 266 g/mol. The van der Waals surface area contributed by atoms with Gasteiger partial charge in [0.2, 0.25) is 5.91 Å². The van der Waals surface area contributed by atoms with Crippen LogP contribution in [0.25, 0.3) is 0 Å². The van der Waals surface area contributed by atoms with Crippen LogP contribution in [0.1, 0.15) is 12.0 Å². The van der Waals surface area contributed by atoms with Crippen molar-refractivity contribution < 1.29 is 9.72 Å². The Morgan fingerprint density at radius 1 is 1.53 bits per heavy atom. The van der Waals surface area contributed by atoms with E-state index in [2.05, 4.69) is 5.32 Å². The number of nitrogens with zero attached hydrogens (tertiary/aromatic N) is 2. The lowest BCUT2D eigenvalue weighted by atomic mass is 10.1. The van der Waals surface area contributed by atoms with Crippen molar-refractivity contribution in [2.45, 2.75) is 13.0 Å². The minimum Gasteiger partial charge on any atom is -0.393 e. The number of nitro groups is 1. The van der Waals surface area contributed by atoms with E-state index in [9.17, 15) is 14.9 Å². The zero-order valence-electron chi connectivity index (χ0n) is 11.0. The number of benzene rings is 1. The standard InChI is InChI=1S/C12H18N4O3/c1-14-12(17)5-6-15(2)8-9-3-4-11(16(18)19)10(13)7-9/h3-4,7H,5-6,8,13H2,1-2H3,(H,14,17). The molecule has 0 aliphatic heterocycles. The van der Waals surface area contributed by atoms with Gasteiger partial charge in [0, 0.05) is 32.6 Å². The van der Waals surface area contributed by atoms with E-state index in [1.165, 1.54) is 6.07 Å². The van der Waals surface area contributed by atoms with Crippen molar-refractivity contribution in [1.29, 1.82) is 0 Å². The Morgan fingerprint density at radius 2 is 2.21 bits per heavy atom. The van der Waals surface area contributed by atoms with Gasteiger partial charge in [0.15, 0.2) is 0 Å². The first kappa shape index (κ1) is 14.9. The number of nitro benzene ring substituents is 1.